The van der Waals surface area contributed by atoms with Crippen LogP contribution in [0.2, 0.25) is 0 Å². The molecule has 1 nitrogen and oxygen atoms in total. The highest BCUT2D eigenvalue weighted by molar-refractivity contribution is 5.96. The predicted octanol–water partition coefficient (Wildman–Crippen LogP) is 5.57. The Morgan fingerprint density at radius 2 is 1.47 bits per heavy atom. The predicted molar refractivity (Wildman–Crippen MR) is 82.8 cm³/mol. The van der Waals surface area contributed by atoms with Gasteiger partial charge >= 0.3 is 0 Å². The second kappa shape index (κ2) is 9.77. The molecule has 19 heavy (non-hydrogen) atoms. The maximum atomic E-state index is 12.0. The van der Waals surface area contributed by atoms with Crippen LogP contribution >= 0.6 is 0 Å². The summed E-state index contributed by atoms with van der Waals surface area (Å²) >= 11 is 0. The molecule has 1 heteroatoms. The molecule has 0 atom stereocenters. The van der Waals surface area contributed by atoms with Gasteiger partial charge in [0, 0.05) is 12.0 Å². The van der Waals surface area contributed by atoms with Crippen molar-refractivity contribution in [1.82, 2.24) is 0 Å². The van der Waals surface area contributed by atoms with E-state index in [1.807, 2.05) is 12.1 Å². The fraction of sp³-hybridized carbons (Fsp3) is 0.611. The molecule has 0 heterocycles. The van der Waals surface area contributed by atoms with Crippen molar-refractivity contribution in [2.45, 2.75) is 71.6 Å². The van der Waals surface area contributed by atoms with Gasteiger partial charge in [0.2, 0.25) is 0 Å². The van der Waals surface area contributed by atoms with Gasteiger partial charge in [-0.05, 0) is 24.8 Å². The quantitative estimate of drug-likeness (QED) is 0.397. The lowest BCUT2D eigenvalue weighted by Gasteiger charge is -2.04. The molecule has 0 unspecified atom stereocenters. The molecule has 0 aliphatic carbocycles. The van der Waals surface area contributed by atoms with Gasteiger partial charge in [-0.25, -0.2) is 0 Å². The molecule has 1 aromatic rings. The number of hydrogen-bond acceptors (Lipinski definition) is 1. The van der Waals surface area contributed by atoms with Crippen molar-refractivity contribution in [1.29, 1.82) is 0 Å². The molecule has 0 aromatic heterocycles. The molecule has 0 radical (unpaired) electrons. The number of unbranched alkanes of at least 4 members (excludes halogenated alkanes) is 5. The summed E-state index contributed by atoms with van der Waals surface area (Å²) in [6.45, 7) is 4.42. The number of ketones is 1. The van der Waals surface area contributed by atoms with Crippen molar-refractivity contribution in [3.05, 3.63) is 35.4 Å². The van der Waals surface area contributed by atoms with E-state index in [0.717, 1.165) is 18.4 Å². The molecule has 0 fully saturated rings. The summed E-state index contributed by atoms with van der Waals surface area (Å²) in [5.41, 5.74) is 2.23. The summed E-state index contributed by atoms with van der Waals surface area (Å²) in [5, 5.41) is 0. The topological polar surface area (TPSA) is 17.1 Å². The first kappa shape index (κ1) is 15.9. The number of hydrogen-bond donors (Lipinski definition) is 0. The SMILES string of the molecule is CCCCCCCC(=O)c1ccc(CCCC)cc1. The van der Waals surface area contributed by atoms with Gasteiger partial charge in [-0.1, -0.05) is 70.2 Å². The molecule has 1 rings (SSSR count). The van der Waals surface area contributed by atoms with E-state index in [-0.39, 0.29) is 0 Å². The molecule has 1 aromatic carbocycles. The summed E-state index contributed by atoms with van der Waals surface area (Å²) in [6, 6.07) is 8.22. The molecule has 106 valence electrons. The highest BCUT2D eigenvalue weighted by Crippen LogP contribution is 2.12. The van der Waals surface area contributed by atoms with Crippen molar-refractivity contribution in [3.8, 4) is 0 Å². The normalized spacial score (nSPS) is 10.6. The van der Waals surface area contributed by atoms with Crippen LogP contribution in [0.3, 0.4) is 0 Å². The molecule has 0 saturated carbocycles. The van der Waals surface area contributed by atoms with Gasteiger partial charge in [-0.15, -0.1) is 0 Å². The summed E-state index contributed by atoms with van der Waals surface area (Å²) < 4.78 is 0. The molecule has 0 aliphatic heterocycles. The van der Waals surface area contributed by atoms with Gasteiger partial charge in [-0.2, -0.15) is 0 Å². The summed E-state index contributed by atoms with van der Waals surface area (Å²) in [7, 11) is 0. The fourth-order valence-electron chi connectivity index (χ4n) is 2.27. The average Bonchev–Trinajstić information content (AvgIpc) is 2.45. The first-order chi connectivity index (χ1) is 9.27. The third-order valence-electron chi connectivity index (χ3n) is 3.60. The van der Waals surface area contributed by atoms with Crippen LogP contribution in [-0.2, 0) is 6.42 Å². The van der Waals surface area contributed by atoms with Gasteiger partial charge in [0.25, 0.3) is 0 Å². The molecule has 0 bridgehead atoms. The maximum absolute atomic E-state index is 12.0. The van der Waals surface area contributed by atoms with Crippen LogP contribution in [0.1, 0.15) is 81.1 Å². The van der Waals surface area contributed by atoms with Crippen LogP contribution in [0.15, 0.2) is 24.3 Å². The zero-order valence-electron chi connectivity index (χ0n) is 12.6. The van der Waals surface area contributed by atoms with E-state index in [1.165, 1.54) is 44.1 Å². The molecule has 0 aliphatic rings. The van der Waals surface area contributed by atoms with E-state index in [1.54, 1.807) is 0 Å². The molecule has 0 amide bonds. The molecule has 0 N–H and O–H groups in total. The van der Waals surface area contributed by atoms with Crippen LogP contribution in [0, 0.1) is 0 Å². The number of rotatable bonds is 10. The summed E-state index contributed by atoms with van der Waals surface area (Å²) in [6.07, 6.45) is 10.3. The lowest BCUT2D eigenvalue weighted by atomic mass is 10.0. The first-order valence-electron chi connectivity index (χ1n) is 7.90. The van der Waals surface area contributed by atoms with E-state index in [2.05, 4.69) is 26.0 Å². The number of Topliss-reactive ketones (excluding diaryl/α,β-unsaturated/α-hetero) is 1. The average molecular weight is 260 g/mol. The van der Waals surface area contributed by atoms with Gasteiger partial charge in [-0.3, -0.25) is 4.79 Å². The third-order valence-corrected chi connectivity index (χ3v) is 3.60. The van der Waals surface area contributed by atoms with Gasteiger partial charge in [0.15, 0.2) is 5.78 Å². The number of carbonyl (C=O) groups is 1. The Bertz CT molecular complexity index is 350. The second-order valence-electron chi connectivity index (χ2n) is 5.39. The van der Waals surface area contributed by atoms with E-state index in [4.69, 9.17) is 0 Å². The van der Waals surface area contributed by atoms with E-state index < -0.39 is 0 Å². The zero-order valence-corrected chi connectivity index (χ0v) is 12.6. The molecule has 0 saturated heterocycles. The van der Waals surface area contributed by atoms with Crippen LogP contribution in [0.25, 0.3) is 0 Å². The Hall–Kier alpha value is -1.11. The monoisotopic (exact) mass is 260 g/mol. The second-order valence-corrected chi connectivity index (χ2v) is 5.39. The van der Waals surface area contributed by atoms with Crippen molar-refractivity contribution in [2.24, 2.45) is 0 Å². The molecule has 0 spiro atoms. The van der Waals surface area contributed by atoms with Crippen LogP contribution in [-0.4, -0.2) is 5.78 Å². The standard InChI is InChI=1S/C18H28O/c1-3-5-7-8-9-11-18(19)17-14-12-16(13-15-17)10-6-4-2/h12-15H,3-11H2,1-2H3. The lowest BCUT2D eigenvalue weighted by molar-refractivity contribution is 0.0979. The Morgan fingerprint density at radius 3 is 2.11 bits per heavy atom. The Kier molecular flexibility index (Phi) is 8.20. The lowest BCUT2D eigenvalue weighted by Crippen LogP contribution is -1.99. The largest absolute Gasteiger partial charge is 0.294 e. The third kappa shape index (κ3) is 6.56. The maximum Gasteiger partial charge on any atom is 0.162 e. The molecular weight excluding hydrogens is 232 g/mol. The van der Waals surface area contributed by atoms with Crippen molar-refractivity contribution in [3.63, 3.8) is 0 Å². The Balaban J connectivity index is 2.32. The minimum absolute atomic E-state index is 0.304. The summed E-state index contributed by atoms with van der Waals surface area (Å²) in [4.78, 5) is 12.0. The number of aryl methyl sites for hydroxylation is 1. The van der Waals surface area contributed by atoms with Crippen molar-refractivity contribution in [2.75, 3.05) is 0 Å². The van der Waals surface area contributed by atoms with Crippen LogP contribution in [0.4, 0.5) is 0 Å². The van der Waals surface area contributed by atoms with Crippen LogP contribution in [0.5, 0.6) is 0 Å². The molecular formula is C18H28O. The highest BCUT2D eigenvalue weighted by atomic mass is 16.1. The minimum atomic E-state index is 0.304. The van der Waals surface area contributed by atoms with E-state index >= 15 is 0 Å². The van der Waals surface area contributed by atoms with E-state index in [0.29, 0.717) is 12.2 Å². The Labute approximate surface area is 118 Å². The van der Waals surface area contributed by atoms with Gasteiger partial charge < -0.3 is 0 Å². The highest BCUT2D eigenvalue weighted by Gasteiger charge is 2.05. The fourth-order valence-corrected chi connectivity index (χ4v) is 2.27. The van der Waals surface area contributed by atoms with Gasteiger partial charge in [0.1, 0.15) is 0 Å². The zero-order chi connectivity index (χ0) is 13.9. The van der Waals surface area contributed by atoms with Crippen molar-refractivity contribution >= 4 is 5.78 Å². The Morgan fingerprint density at radius 1 is 0.842 bits per heavy atom. The smallest absolute Gasteiger partial charge is 0.162 e. The van der Waals surface area contributed by atoms with Gasteiger partial charge in [0.05, 0.1) is 0 Å². The first-order valence-corrected chi connectivity index (χ1v) is 7.90. The number of benzene rings is 1. The van der Waals surface area contributed by atoms with E-state index in [9.17, 15) is 4.79 Å². The summed E-state index contributed by atoms with van der Waals surface area (Å²) in [5.74, 6) is 0.304. The minimum Gasteiger partial charge on any atom is -0.294 e. The number of carbonyl (C=O) groups excluding carboxylic acids is 1. The van der Waals surface area contributed by atoms with Crippen molar-refractivity contribution < 1.29 is 4.79 Å². The van der Waals surface area contributed by atoms with Crippen LogP contribution < -0.4 is 0 Å².